The van der Waals surface area contributed by atoms with E-state index in [9.17, 15) is 9.59 Å². The highest BCUT2D eigenvalue weighted by Crippen LogP contribution is 2.45. The largest absolute Gasteiger partial charge is 0.493 e. The third-order valence-corrected chi connectivity index (χ3v) is 5.66. The predicted octanol–water partition coefficient (Wildman–Crippen LogP) is 4.44. The summed E-state index contributed by atoms with van der Waals surface area (Å²) in [7, 11) is 4.76. The monoisotopic (exact) mass is 431 g/mol. The van der Waals surface area contributed by atoms with Gasteiger partial charge in [-0.15, -0.1) is 0 Å². The van der Waals surface area contributed by atoms with E-state index in [2.05, 4.69) is 5.32 Å². The number of nitrogens with one attached hydrogen (secondary N) is 1. The molecule has 1 aliphatic carbocycles. The Kier molecular flexibility index (Phi) is 6.12. The first-order valence-electron chi connectivity index (χ1n) is 10.4. The van der Waals surface area contributed by atoms with Crippen molar-refractivity contribution in [3.8, 4) is 28.4 Å². The molecule has 3 aromatic rings. The third kappa shape index (κ3) is 4.04. The second kappa shape index (κ2) is 9.14. The number of hydrogen-bond acceptors (Lipinski definition) is 5. The van der Waals surface area contributed by atoms with Crippen molar-refractivity contribution >= 4 is 11.7 Å². The number of ketones is 1. The van der Waals surface area contributed by atoms with Gasteiger partial charge in [0.2, 0.25) is 5.75 Å². The lowest BCUT2D eigenvalue weighted by molar-refractivity contribution is 0.0961. The summed E-state index contributed by atoms with van der Waals surface area (Å²) in [5, 5.41) is 2.61. The predicted molar refractivity (Wildman–Crippen MR) is 122 cm³/mol. The van der Waals surface area contributed by atoms with Gasteiger partial charge >= 0.3 is 0 Å². The van der Waals surface area contributed by atoms with E-state index in [-0.39, 0.29) is 18.3 Å². The number of ether oxygens (including phenoxy) is 3. The maximum absolute atomic E-state index is 12.0. The lowest BCUT2D eigenvalue weighted by Crippen LogP contribution is -2.17. The SMILES string of the molecule is CNC(=O)c1ccc(COc2c(-c3ccc4c(c3)CCC4=O)ccc(OC)c2OC)cc1. The van der Waals surface area contributed by atoms with Crippen LogP contribution in [0.2, 0.25) is 0 Å². The van der Waals surface area contributed by atoms with Gasteiger partial charge in [-0.2, -0.15) is 0 Å². The van der Waals surface area contributed by atoms with Gasteiger partial charge in [-0.05, 0) is 47.4 Å². The van der Waals surface area contributed by atoms with E-state index in [1.807, 2.05) is 42.5 Å². The van der Waals surface area contributed by atoms with E-state index in [0.717, 1.165) is 34.2 Å². The summed E-state index contributed by atoms with van der Waals surface area (Å²) in [6, 6.07) is 16.9. The Bertz CT molecular complexity index is 1170. The zero-order valence-electron chi connectivity index (χ0n) is 18.4. The lowest BCUT2D eigenvalue weighted by atomic mass is 9.99. The van der Waals surface area contributed by atoms with Gasteiger partial charge < -0.3 is 19.5 Å². The fourth-order valence-corrected chi connectivity index (χ4v) is 3.94. The van der Waals surface area contributed by atoms with Crippen LogP contribution >= 0.6 is 0 Å². The summed E-state index contributed by atoms with van der Waals surface area (Å²) >= 11 is 0. The molecule has 0 atom stereocenters. The van der Waals surface area contributed by atoms with Crippen molar-refractivity contribution in [1.82, 2.24) is 5.32 Å². The second-order valence-corrected chi connectivity index (χ2v) is 7.54. The van der Waals surface area contributed by atoms with Crippen LogP contribution in [0, 0.1) is 0 Å². The Labute approximate surface area is 187 Å². The molecule has 0 bridgehead atoms. The van der Waals surface area contributed by atoms with Crippen LogP contribution in [0.4, 0.5) is 0 Å². The molecular formula is C26H25NO5. The van der Waals surface area contributed by atoms with E-state index in [1.165, 1.54) is 0 Å². The molecule has 32 heavy (non-hydrogen) atoms. The molecule has 0 spiro atoms. The molecule has 1 aliphatic rings. The molecule has 0 aliphatic heterocycles. The highest BCUT2D eigenvalue weighted by atomic mass is 16.5. The number of carbonyl (C=O) groups is 2. The van der Waals surface area contributed by atoms with Crippen LogP contribution in [-0.2, 0) is 13.0 Å². The van der Waals surface area contributed by atoms with Gasteiger partial charge in [0.15, 0.2) is 17.3 Å². The summed E-state index contributed by atoms with van der Waals surface area (Å²) in [5.41, 5.74) is 5.15. The van der Waals surface area contributed by atoms with E-state index in [0.29, 0.717) is 29.2 Å². The number of methoxy groups -OCH3 is 2. The van der Waals surface area contributed by atoms with Gasteiger partial charge in [0.25, 0.3) is 5.91 Å². The number of hydrogen-bond donors (Lipinski definition) is 1. The molecule has 6 nitrogen and oxygen atoms in total. The number of Topliss-reactive ketones (excluding diaryl/α,β-unsaturated/α-hetero) is 1. The summed E-state index contributed by atoms with van der Waals surface area (Å²) in [4.78, 5) is 23.8. The Morgan fingerprint density at radius 1 is 0.906 bits per heavy atom. The molecule has 0 fully saturated rings. The first-order chi connectivity index (χ1) is 15.5. The maximum Gasteiger partial charge on any atom is 0.251 e. The highest BCUT2D eigenvalue weighted by molar-refractivity contribution is 6.01. The minimum absolute atomic E-state index is 0.135. The molecule has 0 saturated heterocycles. The summed E-state index contributed by atoms with van der Waals surface area (Å²) in [6.07, 6.45) is 1.31. The highest BCUT2D eigenvalue weighted by Gasteiger charge is 2.22. The minimum Gasteiger partial charge on any atom is -0.493 e. The number of carbonyl (C=O) groups excluding carboxylic acids is 2. The molecule has 1 N–H and O–H groups in total. The van der Waals surface area contributed by atoms with Crippen molar-refractivity contribution < 1.29 is 23.8 Å². The Morgan fingerprint density at radius 2 is 1.66 bits per heavy atom. The zero-order valence-corrected chi connectivity index (χ0v) is 18.4. The molecule has 0 unspecified atom stereocenters. The molecule has 0 radical (unpaired) electrons. The van der Waals surface area contributed by atoms with Crippen molar-refractivity contribution in [2.45, 2.75) is 19.4 Å². The van der Waals surface area contributed by atoms with Crippen LogP contribution in [0.15, 0.2) is 54.6 Å². The van der Waals surface area contributed by atoms with E-state index in [4.69, 9.17) is 14.2 Å². The summed E-state index contributed by atoms with van der Waals surface area (Å²) in [6.45, 7) is 0.286. The average Bonchev–Trinajstić information content (AvgIpc) is 3.21. The number of aryl methyl sites for hydroxylation is 1. The van der Waals surface area contributed by atoms with Gasteiger partial charge in [-0.25, -0.2) is 0 Å². The standard InChI is InChI=1S/C26H25NO5/c1-27-26(29)17-6-4-16(5-7-17)15-32-24-21(11-13-23(30-2)25(24)31-3)19-8-10-20-18(14-19)9-12-22(20)28/h4-8,10-11,13-14H,9,12,15H2,1-3H3,(H,27,29). The van der Waals surface area contributed by atoms with Crippen molar-refractivity contribution in [2.75, 3.05) is 21.3 Å². The van der Waals surface area contributed by atoms with E-state index < -0.39 is 0 Å². The minimum atomic E-state index is -0.135. The van der Waals surface area contributed by atoms with Crippen molar-refractivity contribution in [2.24, 2.45) is 0 Å². The van der Waals surface area contributed by atoms with Gasteiger partial charge in [0, 0.05) is 30.2 Å². The Balaban J connectivity index is 1.68. The smallest absolute Gasteiger partial charge is 0.251 e. The Morgan fingerprint density at radius 3 is 2.34 bits per heavy atom. The van der Waals surface area contributed by atoms with Gasteiger partial charge in [0.1, 0.15) is 6.61 Å². The fraction of sp³-hybridized carbons (Fsp3) is 0.231. The third-order valence-electron chi connectivity index (χ3n) is 5.66. The first kappa shape index (κ1) is 21.4. The molecule has 0 saturated carbocycles. The van der Waals surface area contributed by atoms with Gasteiger partial charge in [-0.3, -0.25) is 9.59 Å². The van der Waals surface area contributed by atoms with Crippen molar-refractivity contribution in [3.05, 3.63) is 76.9 Å². The molecule has 0 heterocycles. The van der Waals surface area contributed by atoms with Crippen LogP contribution in [0.1, 0.15) is 38.3 Å². The molecule has 3 aromatic carbocycles. The van der Waals surface area contributed by atoms with Crippen molar-refractivity contribution in [3.63, 3.8) is 0 Å². The lowest BCUT2D eigenvalue weighted by Gasteiger charge is -2.18. The van der Waals surface area contributed by atoms with Crippen LogP contribution in [0.25, 0.3) is 11.1 Å². The van der Waals surface area contributed by atoms with Gasteiger partial charge in [-0.1, -0.05) is 30.3 Å². The molecule has 164 valence electrons. The first-order valence-corrected chi connectivity index (χ1v) is 10.4. The van der Waals surface area contributed by atoms with E-state index >= 15 is 0 Å². The molecule has 0 aromatic heterocycles. The quantitative estimate of drug-likeness (QED) is 0.599. The maximum atomic E-state index is 12.0. The number of fused-ring (bicyclic) bond motifs is 1. The molecule has 4 rings (SSSR count). The normalized spacial score (nSPS) is 12.3. The number of rotatable bonds is 7. The zero-order chi connectivity index (χ0) is 22.7. The number of amides is 1. The molecular weight excluding hydrogens is 406 g/mol. The van der Waals surface area contributed by atoms with Crippen LogP contribution in [0.5, 0.6) is 17.2 Å². The Hall–Kier alpha value is -3.80. The van der Waals surface area contributed by atoms with Gasteiger partial charge in [0.05, 0.1) is 14.2 Å². The fourth-order valence-electron chi connectivity index (χ4n) is 3.94. The second-order valence-electron chi connectivity index (χ2n) is 7.54. The number of benzene rings is 3. The van der Waals surface area contributed by atoms with Crippen LogP contribution in [-0.4, -0.2) is 33.0 Å². The molecule has 6 heteroatoms. The van der Waals surface area contributed by atoms with Crippen molar-refractivity contribution in [1.29, 1.82) is 0 Å². The topological polar surface area (TPSA) is 73.9 Å². The summed E-state index contributed by atoms with van der Waals surface area (Å²) < 4.78 is 17.3. The average molecular weight is 431 g/mol. The summed E-state index contributed by atoms with van der Waals surface area (Å²) in [5.74, 6) is 1.69. The van der Waals surface area contributed by atoms with Crippen LogP contribution < -0.4 is 19.5 Å². The van der Waals surface area contributed by atoms with E-state index in [1.54, 1.807) is 33.4 Å². The van der Waals surface area contributed by atoms with Crippen LogP contribution in [0.3, 0.4) is 0 Å². The molecule has 1 amide bonds.